The topological polar surface area (TPSA) is 47.6 Å². The summed E-state index contributed by atoms with van der Waals surface area (Å²) in [4.78, 5) is 12.8. The first-order valence-electron chi connectivity index (χ1n) is 7.32. The molecule has 5 heteroatoms. The standard InChI is InChI=1S/C16H22BrNO3/c1-20-12-8-11(9-13(10-12)21-2)16(19)18-15-7-5-3-4-6-14(15)17/h8-10,14-15H,3-7H2,1-2H3,(H,18,19). The summed E-state index contributed by atoms with van der Waals surface area (Å²) in [5.41, 5.74) is 0.565. The van der Waals surface area contributed by atoms with Gasteiger partial charge in [0, 0.05) is 22.5 Å². The van der Waals surface area contributed by atoms with Crippen LogP contribution in [-0.4, -0.2) is 31.0 Å². The van der Waals surface area contributed by atoms with Gasteiger partial charge in [0.1, 0.15) is 11.5 Å². The molecule has 1 amide bonds. The number of carbonyl (C=O) groups is 1. The van der Waals surface area contributed by atoms with Crippen molar-refractivity contribution in [3.63, 3.8) is 0 Å². The highest BCUT2D eigenvalue weighted by Gasteiger charge is 2.23. The molecule has 1 saturated carbocycles. The van der Waals surface area contributed by atoms with Crippen LogP contribution < -0.4 is 14.8 Å². The van der Waals surface area contributed by atoms with E-state index in [-0.39, 0.29) is 11.9 Å². The normalized spacial score (nSPS) is 22.2. The summed E-state index contributed by atoms with van der Waals surface area (Å²) in [6.45, 7) is 0. The maximum atomic E-state index is 12.5. The predicted octanol–water partition coefficient (Wildman–Crippen LogP) is 3.53. The fraction of sp³-hybridized carbons (Fsp3) is 0.562. The summed E-state index contributed by atoms with van der Waals surface area (Å²) in [5, 5.41) is 3.13. The van der Waals surface area contributed by atoms with Crippen molar-refractivity contribution in [3.8, 4) is 11.5 Å². The highest BCUT2D eigenvalue weighted by Crippen LogP contribution is 2.25. The number of alkyl halides is 1. The van der Waals surface area contributed by atoms with Gasteiger partial charge >= 0.3 is 0 Å². The maximum absolute atomic E-state index is 12.5. The average Bonchev–Trinajstić information content (AvgIpc) is 2.71. The number of ether oxygens (including phenoxy) is 2. The van der Waals surface area contributed by atoms with Crippen molar-refractivity contribution in [1.29, 1.82) is 0 Å². The molecule has 2 rings (SSSR count). The van der Waals surface area contributed by atoms with Crippen molar-refractivity contribution in [2.75, 3.05) is 14.2 Å². The molecule has 1 aromatic rings. The summed E-state index contributed by atoms with van der Waals surface area (Å²) < 4.78 is 10.4. The lowest BCUT2D eigenvalue weighted by molar-refractivity contribution is 0.0934. The number of carbonyl (C=O) groups excluding carboxylic acids is 1. The largest absolute Gasteiger partial charge is 0.497 e. The van der Waals surface area contributed by atoms with E-state index in [1.807, 2.05) is 0 Å². The number of amides is 1. The fourth-order valence-corrected chi connectivity index (χ4v) is 3.34. The Labute approximate surface area is 134 Å². The minimum atomic E-state index is -0.0800. The molecule has 0 heterocycles. The van der Waals surface area contributed by atoms with Gasteiger partial charge in [0.25, 0.3) is 5.91 Å². The van der Waals surface area contributed by atoms with Crippen molar-refractivity contribution in [2.45, 2.75) is 43.0 Å². The molecule has 0 radical (unpaired) electrons. The minimum absolute atomic E-state index is 0.0800. The summed E-state index contributed by atoms with van der Waals surface area (Å²) in [6.07, 6.45) is 5.74. The molecule has 1 aliphatic carbocycles. The highest BCUT2D eigenvalue weighted by atomic mass is 79.9. The van der Waals surface area contributed by atoms with E-state index < -0.39 is 0 Å². The second kappa shape index (κ2) is 7.69. The number of rotatable bonds is 4. The lowest BCUT2D eigenvalue weighted by atomic mass is 10.1. The van der Waals surface area contributed by atoms with Crippen molar-refractivity contribution < 1.29 is 14.3 Å². The molecule has 1 N–H and O–H groups in total. The summed E-state index contributed by atoms with van der Waals surface area (Å²) in [7, 11) is 3.16. The molecule has 21 heavy (non-hydrogen) atoms. The van der Waals surface area contributed by atoms with Crippen LogP contribution in [0.2, 0.25) is 0 Å². The van der Waals surface area contributed by atoms with Crippen LogP contribution in [-0.2, 0) is 0 Å². The SMILES string of the molecule is COc1cc(OC)cc(C(=O)NC2CCCCCC2Br)c1. The molecule has 2 unspecified atom stereocenters. The van der Waals surface area contributed by atoms with E-state index in [4.69, 9.17) is 9.47 Å². The molecule has 1 aliphatic rings. The Morgan fingerprint density at radius 1 is 1.10 bits per heavy atom. The Bertz CT molecular complexity index is 470. The average molecular weight is 356 g/mol. The Kier molecular flexibility index (Phi) is 5.91. The van der Waals surface area contributed by atoms with Crippen molar-refractivity contribution in [3.05, 3.63) is 23.8 Å². The van der Waals surface area contributed by atoms with Gasteiger partial charge in [0.2, 0.25) is 0 Å². The van der Waals surface area contributed by atoms with Crippen LogP contribution >= 0.6 is 15.9 Å². The van der Waals surface area contributed by atoms with E-state index in [9.17, 15) is 4.79 Å². The number of hydrogen-bond donors (Lipinski definition) is 1. The number of methoxy groups -OCH3 is 2. The molecule has 1 aromatic carbocycles. The quantitative estimate of drug-likeness (QED) is 0.663. The number of nitrogens with one attached hydrogen (secondary N) is 1. The van der Waals surface area contributed by atoms with Gasteiger partial charge in [0.15, 0.2) is 0 Å². The molecule has 4 nitrogen and oxygen atoms in total. The van der Waals surface area contributed by atoms with Crippen molar-refractivity contribution in [1.82, 2.24) is 5.32 Å². The van der Waals surface area contributed by atoms with Crippen molar-refractivity contribution in [2.24, 2.45) is 0 Å². The first-order chi connectivity index (χ1) is 10.1. The van der Waals surface area contributed by atoms with Gasteiger partial charge in [0.05, 0.1) is 14.2 Å². The molecule has 0 bridgehead atoms. The molecule has 0 aromatic heterocycles. The van der Waals surface area contributed by atoms with Gasteiger partial charge in [-0.15, -0.1) is 0 Å². The molecular weight excluding hydrogens is 334 g/mol. The summed E-state index contributed by atoms with van der Waals surface area (Å²) in [6, 6.07) is 5.41. The number of benzene rings is 1. The van der Waals surface area contributed by atoms with Gasteiger partial charge in [-0.3, -0.25) is 4.79 Å². The zero-order valence-electron chi connectivity index (χ0n) is 12.5. The smallest absolute Gasteiger partial charge is 0.251 e. The van der Waals surface area contributed by atoms with Gasteiger partial charge < -0.3 is 14.8 Å². The van der Waals surface area contributed by atoms with Gasteiger partial charge in [-0.1, -0.05) is 35.2 Å². The second-order valence-corrected chi connectivity index (χ2v) is 6.51. The lowest BCUT2D eigenvalue weighted by Gasteiger charge is -2.21. The van der Waals surface area contributed by atoms with E-state index in [1.54, 1.807) is 32.4 Å². The molecule has 116 valence electrons. The third kappa shape index (κ3) is 4.37. The Balaban J connectivity index is 2.11. The van der Waals surface area contributed by atoms with E-state index in [2.05, 4.69) is 21.2 Å². The third-order valence-electron chi connectivity index (χ3n) is 3.86. The molecule has 1 fully saturated rings. The van der Waals surface area contributed by atoms with Crippen molar-refractivity contribution >= 4 is 21.8 Å². The van der Waals surface area contributed by atoms with Crippen LogP contribution in [0.3, 0.4) is 0 Å². The molecule has 0 spiro atoms. The van der Waals surface area contributed by atoms with Crippen LogP contribution in [0.4, 0.5) is 0 Å². The second-order valence-electron chi connectivity index (χ2n) is 5.34. The molecule has 2 atom stereocenters. The maximum Gasteiger partial charge on any atom is 0.251 e. The summed E-state index contributed by atoms with van der Waals surface area (Å²) >= 11 is 3.70. The molecule has 0 saturated heterocycles. The highest BCUT2D eigenvalue weighted by molar-refractivity contribution is 9.09. The van der Waals surface area contributed by atoms with Crippen LogP contribution in [0.5, 0.6) is 11.5 Å². The van der Waals surface area contributed by atoms with Crippen LogP contribution in [0, 0.1) is 0 Å². The van der Waals surface area contributed by atoms with E-state index in [0.717, 1.165) is 19.3 Å². The number of halogens is 1. The minimum Gasteiger partial charge on any atom is -0.497 e. The van der Waals surface area contributed by atoms with E-state index >= 15 is 0 Å². The fourth-order valence-electron chi connectivity index (χ4n) is 2.62. The predicted molar refractivity (Wildman–Crippen MR) is 86.6 cm³/mol. The zero-order chi connectivity index (χ0) is 15.2. The van der Waals surface area contributed by atoms with Gasteiger partial charge in [-0.25, -0.2) is 0 Å². The molecular formula is C16H22BrNO3. The monoisotopic (exact) mass is 355 g/mol. The first-order valence-corrected chi connectivity index (χ1v) is 8.23. The van der Waals surface area contributed by atoms with Gasteiger partial charge in [-0.2, -0.15) is 0 Å². The molecule has 0 aliphatic heterocycles. The van der Waals surface area contributed by atoms with E-state index in [1.165, 1.54) is 12.8 Å². The van der Waals surface area contributed by atoms with Crippen LogP contribution in [0.15, 0.2) is 18.2 Å². The third-order valence-corrected chi connectivity index (χ3v) is 4.96. The van der Waals surface area contributed by atoms with Crippen LogP contribution in [0.1, 0.15) is 42.5 Å². The Hall–Kier alpha value is -1.23. The summed E-state index contributed by atoms with van der Waals surface area (Å²) in [5.74, 6) is 1.16. The van der Waals surface area contributed by atoms with Crippen LogP contribution in [0.25, 0.3) is 0 Å². The Morgan fingerprint density at radius 2 is 1.71 bits per heavy atom. The number of hydrogen-bond acceptors (Lipinski definition) is 3. The van der Waals surface area contributed by atoms with E-state index in [0.29, 0.717) is 21.9 Å². The Morgan fingerprint density at radius 3 is 2.33 bits per heavy atom. The zero-order valence-corrected chi connectivity index (χ0v) is 14.1. The van der Waals surface area contributed by atoms with Gasteiger partial charge in [-0.05, 0) is 25.0 Å². The lowest BCUT2D eigenvalue weighted by Crippen LogP contribution is -2.40. The first kappa shape index (κ1) is 16.1.